The molecule has 0 aliphatic carbocycles. The summed E-state index contributed by atoms with van der Waals surface area (Å²) in [7, 11) is 1.56. The molecule has 3 rings (SSSR count). The fourth-order valence-corrected chi connectivity index (χ4v) is 2.98. The van der Waals surface area contributed by atoms with Crippen molar-refractivity contribution in [2.75, 3.05) is 13.7 Å². The Morgan fingerprint density at radius 3 is 2.94 bits per heavy atom. The summed E-state index contributed by atoms with van der Waals surface area (Å²) < 4.78 is 5.14. The van der Waals surface area contributed by atoms with Crippen LogP contribution in [0.15, 0.2) is 12.1 Å². The second-order valence-corrected chi connectivity index (χ2v) is 5.11. The van der Waals surface area contributed by atoms with Crippen LogP contribution in [0.25, 0.3) is 0 Å². The lowest BCUT2D eigenvalue weighted by molar-refractivity contribution is -0.123. The summed E-state index contributed by atoms with van der Waals surface area (Å²) in [5, 5.41) is 9.81. The highest BCUT2D eigenvalue weighted by molar-refractivity contribution is 5.80. The van der Waals surface area contributed by atoms with Gasteiger partial charge in [-0.25, -0.2) is 0 Å². The topological polar surface area (TPSA) is 49.8 Å². The molecule has 2 aliphatic rings. The summed E-state index contributed by atoms with van der Waals surface area (Å²) in [6.45, 7) is 1.70. The number of ketones is 1. The number of carbonyl (C=O) groups is 1. The van der Waals surface area contributed by atoms with Gasteiger partial charge in [-0.15, -0.1) is 0 Å². The smallest absolute Gasteiger partial charge is 0.160 e. The Kier molecular flexibility index (Phi) is 2.74. The molecule has 0 saturated carbocycles. The highest BCUT2D eigenvalue weighted by Crippen LogP contribution is 2.35. The molecule has 0 amide bonds. The summed E-state index contributed by atoms with van der Waals surface area (Å²) in [5.41, 5.74) is 2.35. The molecule has 1 atom stereocenters. The highest BCUT2D eigenvalue weighted by atomic mass is 16.5. The summed E-state index contributed by atoms with van der Waals surface area (Å²) in [6.07, 6.45) is 2.16. The molecule has 4 nitrogen and oxygen atoms in total. The SMILES string of the molecule is COc1cc2c(cc1O)CC1CC(=O)CCN1C2. The second kappa shape index (κ2) is 4.28. The van der Waals surface area contributed by atoms with Gasteiger partial charge in [-0.05, 0) is 29.7 Å². The Balaban J connectivity index is 1.93. The first-order valence-corrected chi connectivity index (χ1v) is 6.32. The zero-order chi connectivity index (χ0) is 12.7. The fourth-order valence-electron chi connectivity index (χ4n) is 2.98. The first-order valence-electron chi connectivity index (χ1n) is 6.32. The molecule has 0 radical (unpaired) electrons. The number of benzene rings is 1. The number of Topliss-reactive ketones (excluding diaryl/α,β-unsaturated/α-hetero) is 1. The first kappa shape index (κ1) is 11.5. The van der Waals surface area contributed by atoms with Gasteiger partial charge in [0, 0.05) is 32.0 Å². The van der Waals surface area contributed by atoms with Crippen LogP contribution in [0, 0.1) is 0 Å². The van der Waals surface area contributed by atoms with Crippen molar-refractivity contribution in [3.8, 4) is 11.5 Å². The molecular formula is C14H17NO3. The molecule has 1 unspecified atom stereocenters. The van der Waals surface area contributed by atoms with Gasteiger partial charge in [0.15, 0.2) is 11.5 Å². The lowest BCUT2D eigenvalue weighted by Crippen LogP contribution is -2.46. The van der Waals surface area contributed by atoms with Crippen LogP contribution in [0.4, 0.5) is 0 Å². The number of phenolic OH excluding ortho intramolecular Hbond substituents is 1. The van der Waals surface area contributed by atoms with Gasteiger partial charge in [-0.2, -0.15) is 0 Å². The summed E-state index contributed by atoms with van der Waals surface area (Å²) >= 11 is 0. The number of hydrogen-bond donors (Lipinski definition) is 1. The van der Waals surface area contributed by atoms with Crippen LogP contribution in [-0.4, -0.2) is 35.5 Å². The molecule has 4 heteroatoms. The minimum absolute atomic E-state index is 0.187. The number of rotatable bonds is 1. The summed E-state index contributed by atoms with van der Waals surface area (Å²) in [5.74, 6) is 1.07. The van der Waals surface area contributed by atoms with Crippen molar-refractivity contribution < 1.29 is 14.6 Å². The molecule has 1 fully saturated rings. The van der Waals surface area contributed by atoms with Crippen LogP contribution in [0.2, 0.25) is 0 Å². The van der Waals surface area contributed by atoms with Crippen molar-refractivity contribution >= 4 is 5.78 Å². The number of phenols is 1. The van der Waals surface area contributed by atoms with Crippen molar-refractivity contribution in [2.24, 2.45) is 0 Å². The summed E-state index contributed by atoms with van der Waals surface area (Å²) in [4.78, 5) is 13.9. The van der Waals surface area contributed by atoms with Crippen LogP contribution in [-0.2, 0) is 17.8 Å². The van der Waals surface area contributed by atoms with Gasteiger partial charge in [0.2, 0.25) is 0 Å². The second-order valence-electron chi connectivity index (χ2n) is 5.11. The van der Waals surface area contributed by atoms with Crippen molar-refractivity contribution in [3.63, 3.8) is 0 Å². The highest BCUT2D eigenvalue weighted by Gasteiger charge is 2.32. The van der Waals surface area contributed by atoms with Crippen molar-refractivity contribution in [3.05, 3.63) is 23.3 Å². The van der Waals surface area contributed by atoms with Crippen molar-refractivity contribution in [2.45, 2.75) is 31.8 Å². The number of piperidine rings is 1. The van der Waals surface area contributed by atoms with E-state index in [-0.39, 0.29) is 5.75 Å². The van der Waals surface area contributed by atoms with Gasteiger partial charge in [0.1, 0.15) is 5.78 Å². The average Bonchev–Trinajstić information content (AvgIpc) is 2.35. The monoisotopic (exact) mass is 247 g/mol. The van der Waals surface area contributed by atoms with Gasteiger partial charge in [-0.3, -0.25) is 9.69 Å². The maximum absolute atomic E-state index is 11.5. The van der Waals surface area contributed by atoms with E-state index in [0.717, 1.165) is 25.1 Å². The predicted octanol–water partition coefficient (Wildman–Crippen LogP) is 1.49. The first-order chi connectivity index (χ1) is 8.67. The van der Waals surface area contributed by atoms with E-state index in [4.69, 9.17) is 4.74 Å². The lowest BCUT2D eigenvalue weighted by atomic mass is 9.88. The number of methoxy groups -OCH3 is 1. The van der Waals surface area contributed by atoms with Crippen molar-refractivity contribution in [1.82, 2.24) is 4.90 Å². The maximum Gasteiger partial charge on any atom is 0.160 e. The van der Waals surface area contributed by atoms with Crippen LogP contribution >= 0.6 is 0 Å². The Labute approximate surface area is 106 Å². The zero-order valence-electron chi connectivity index (χ0n) is 10.5. The van der Waals surface area contributed by atoms with Gasteiger partial charge in [-0.1, -0.05) is 0 Å². The Hall–Kier alpha value is -1.55. The van der Waals surface area contributed by atoms with Crippen LogP contribution in [0.1, 0.15) is 24.0 Å². The standard InChI is InChI=1S/C14H17NO3/c1-18-14-6-10-8-15-3-2-12(16)7-11(15)4-9(10)5-13(14)17/h5-6,11,17H,2-4,7-8H2,1H3. The minimum atomic E-state index is 0.187. The third-order valence-electron chi connectivity index (χ3n) is 3.99. The van der Waals surface area contributed by atoms with Gasteiger partial charge in [0.05, 0.1) is 7.11 Å². The predicted molar refractivity (Wildman–Crippen MR) is 66.8 cm³/mol. The third kappa shape index (κ3) is 1.86. The Morgan fingerprint density at radius 1 is 1.33 bits per heavy atom. The quantitative estimate of drug-likeness (QED) is 0.817. The molecule has 1 aromatic carbocycles. The van der Waals surface area contributed by atoms with E-state index in [9.17, 15) is 9.90 Å². The molecule has 0 spiro atoms. The number of aromatic hydroxyl groups is 1. The third-order valence-corrected chi connectivity index (χ3v) is 3.99. The normalized spacial score (nSPS) is 23.4. The lowest BCUT2D eigenvalue weighted by Gasteiger charge is -2.39. The minimum Gasteiger partial charge on any atom is -0.504 e. The van der Waals surface area contributed by atoms with E-state index in [1.807, 2.05) is 6.07 Å². The zero-order valence-corrected chi connectivity index (χ0v) is 10.5. The van der Waals surface area contributed by atoms with E-state index >= 15 is 0 Å². The van der Waals surface area contributed by atoms with Crippen molar-refractivity contribution in [1.29, 1.82) is 0 Å². The molecule has 0 aromatic heterocycles. The number of nitrogens with zero attached hydrogens (tertiary/aromatic N) is 1. The van der Waals surface area contributed by atoms with Gasteiger partial charge >= 0.3 is 0 Å². The van der Waals surface area contributed by atoms with E-state index in [2.05, 4.69) is 4.90 Å². The maximum atomic E-state index is 11.5. The molecule has 1 N–H and O–H groups in total. The van der Waals surface area contributed by atoms with Crippen LogP contribution in [0.5, 0.6) is 11.5 Å². The van der Waals surface area contributed by atoms with E-state index < -0.39 is 0 Å². The molecule has 1 saturated heterocycles. The van der Waals surface area contributed by atoms with Gasteiger partial charge in [0.25, 0.3) is 0 Å². The molecule has 2 heterocycles. The molecule has 0 bridgehead atoms. The molecule has 96 valence electrons. The largest absolute Gasteiger partial charge is 0.504 e. The fraction of sp³-hybridized carbons (Fsp3) is 0.500. The number of hydrogen-bond acceptors (Lipinski definition) is 4. The number of fused-ring (bicyclic) bond motifs is 2. The van der Waals surface area contributed by atoms with Gasteiger partial charge < -0.3 is 9.84 Å². The summed E-state index contributed by atoms with van der Waals surface area (Å²) in [6, 6.07) is 4.01. The Bertz CT molecular complexity index is 498. The van der Waals surface area contributed by atoms with E-state index in [1.165, 1.54) is 5.56 Å². The molecule has 18 heavy (non-hydrogen) atoms. The Morgan fingerprint density at radius 2 is 2.17 bits per heavy atom. The van der Waals surface area contributed by atoms with E-state index in [1.54, 1.807) is 13.2 Å². The molecular weight excluding hydrogens is 230 g/mol. The molecule has 1 aromatic rings. The number of carbonyl (C=O) groups excluding carboxylic acids is 1. The molecule has 2 aliphatic heterocycles. The number of ether oxygens (including phenoxy) is 1. The van der Waals surface area contributed by atoms with Crippen LogP contribution in [0.3, 0.4) is 0 Å². The van der Waals surface area contributed by atoms with E-state index in [0.29, 0.717) is 30.4 Å². The average molecular weight is 247 g/mol. The van der Waals surface area contributed by atoms with Crippen LogP contribution < -0.4 is 4.74 Å².